The molecular weight excluding hydrogens is 414 g/mol. The van der Waals surface area contributed by atoms with Gasteiger partial charge in [0.05, 0.1) is 22.0 Å². The molecule has 0 unspecified atom stereocenters. The molecule has 0 aliphatic rings. The summed E-state index contributed by atoms with van der Waals surface area (Å²) in [7, 11) is 0. The first-order chi connectivity index (χ1) is 15.5. The number of amides is 1. The van der Waals surface area contributed by atoms with Crippen molar-refractivity contribution in [2.24, 2.45) is 10.2 Å². The van der Waals surface area contributed by atoms with Gasteiger partial charge in [0.1, 0.15) is 11.1 Å². The smallest absolute Gasteiger partial charge is 0.349 e. The van der Waals surface area contributed by atoms with E-state index in [2.05, 4.69) is 21.1 Å². The molecular formula is C22H15N5O5. The number of hydrogen-bond donors (Lipinski definition) is 2. The fourth-order valence-corrected chi connectivity index (χ4v) is 2.79. The minimum Gasteiger partial charge on any atom is -0.422 e. The van der Waals surface area contributed by atoms with Crippen LogP contribution in [-0.4, -0.2) is 10.8 Å². The third-order valence-corrected chi connectivity index (χ3v) is 4.40. The number of carbonyl (C=O) groups is 1. The van der Waals surface area contributed by atoms with Crippen molar-refractivity contribution in [2.75, 3.05) is 5.43 Å². The van der Waals surface area contributed by atoms with Gasteiger partial charge >= 0.3 is 5.63 Å². The van der Waals surface area contributed by atoms with Gasteiger partial charge < -0.3 is 4.42 Å². The van der Waals surface area contributed by atoms with Gasteiger partial charge in [-0.25, -0.2) is 4.79 Å². The van der Waals surface area contributed by atoms with Crippen molar-refractivity contribution >= 4 is 39.6 Å². The third-order valence-electron chi connectivity index (χ3n) is 4.40. The molecule has 1 amide bonds. The lowest BCUT2D eigenvalue weighted by atomic mass is 10.1. The van der Waals surface area contributed by atoms with Gasteiger partial charge in [-0.3, -0.25) is 25.8 Å². The lowest BCUT2D eigenvalue weighted by molar-refractivity contribution is -0.384. The van der Waals surface area contributed by atoms with E-state index in [1.165, 1.54) is 30.3 Å². The second-order valence-electron chi connectivity index (χ2n) is 6.59. The van der Waals surface area contributed by atoms with Crippen LogP contribution in [0.15, 0.2) is 98.3 Å². The maximum absolute atomic E-state index is 12.4. The molecule has 32 heavy (non-hydrogen) atoms. The lowest BCUT2D eigenvalue weighted by Crippen LogP contribution is -2.32. The largest absolute Gasteiger partial charge is 0.422 e. The van der Waals surface area contributed by atoms with Crippen LogP contribution in [0.4, 0.5) is 22.7 Å². The van der Waals surface area contributed by atoms with Gasteiger partial charge in [-0.2, -0.15) is 10.2 Å². The second kappa shape index (κ2) is 8.88. The highest BCUT2D eigenvalue weighted by atomic mass is 16.6. The molecule has 4 rings (SSSR count). The third kappa shape index (κ3) is 4.65. The van der Waals surface area contributed by atoms with Crippen molar-refractivity contribution in [3.8, 4) is 0 Å². The number of anilines is 1. The van der Waals surface area contributed by atoms with E-state index in [0.29, 0.717) is 22.4 Å². The van der Waals surface area contributed by atoms with Crippen LogP contribution in [0.1, 0.15) is 10.4 Å². The first kappa shape index (κ1) is 20.4. The standard InChI is InChI=1S/C22H15N5O5/c28-21(26-24-16-8-10-18(11-9-16)27(30)31)19-12-14-6-7-17(13-20(14)32-22(19)29)25-23-15-4-2-1-3-5-15/h1-13,24H,(H,26,28). The zero-order valence-corrected chi connectivity index (χ0v) is 16.4. The van der Waals surface area contributed by atoms with Crippen LogP contribution in [0, 0.1) is 10.1 Å². The molecule has 1 aromatic heterocycles. The van der Waals surface area contributed by atoms with Gasteiger partial charge in [0.2, 0.25) is 0 Å². The van der Waals surface area contributed by atoms with E-state index in [0.717, 1.165) is 0 Å². The number of fused-ring (bicyclic) bond motifs is 1. The number of nitro benzene ring substituents is 1. The van der Waals surface area contributed by atoms with Crippen LogP contribution in [-0.2, 0) is 0 Å². The molecule has 0 bridgehead atoms. The fraction of sp³-hybridized carbons (Fsp3) is 0. The molecule has 0 aliphatic heterocycles. The molecule has 4 aromatic rings. The van der Waals surface area contributed by atoms with Gasteiger partial charge in [0.25, 0.3) is 11.6 Å². The van der Waals surface area contributed by atoms with Crippen LogP contribution >= 0.6 is 0 Å². The summed E-state index contributed by atoms with van der Waals surface area (Å²) >= 11 is 0. The molecule has 10 nitrogen and oxygen atoms in total. The van der Waals surface area contributed by atoms with Crippen LogP contribution in [0.25, 0.3) is 11.0 Å². The number of non-ortho nitro benzene ring substituents is 1. The average Bonchev–Trinajstić information content (AvgIpc) is 2.81. The minimum atomic E-state index is -0.822. The number of nitrogens with zero attached hydrogens (tertiary/aromatic N) is 3. The first-order valence-electron chi connectivity index (χ1n) is 9.35. The molecule has 0 atom stereocenters. The van der Waals surface area contributed by atoms with Gasteiger partial charge in [0, 0.05) is 23.6 Å². The van der Waals surface area contributed by atoms with Gasteiger partial charge in [-0.05, 0) is 42.5 Å². The number of nitrogens with one attached hydrogen (secondary N) is 2. The Labute approximate surface area is 180 Å². The maximum Gasteiger partial charge on any atom is 0.349 e. The second-order valence-corrected chi connectivity index (χ2v) is 6.59. The summed E-state index contributed by atoms with van der Waals surface area (Å²) in [6, 6.07) is 20.9. The van der Waals surface area contributed by atoms with E-state index in [1.54, 1.807) is 30.3 Å². The molecule has 2 N–H and O–H groups in total. The molecule has 0 saturated heterocycles. The molecule has 0 aliphatic carbocycles. The number of carbonyl (C=O) groups excluding carboxylic acids is 1. The molecule has 158 valence electrons. The molecule has 10 heteroatoms. The fourth-order valence-electron chi connectivity index (χ4n) is 2.79. The number of nitro groups is 1. The van der Waals surface area contributed by atoms with Crippen molar-refractivity contribution < 1.29 is 14.1 Å². The summed E-state index contributed by atoms with van der Waals surface area (Å²) in [6.07, 6.45) is 0. The van der Waals surface area contributed by atoms with E-state index in [4.69, 9.17) is 4.42 Å². The normalized spacial score (nSPS) is 10.9. The monoisotopic (exact) mass is 429 g/mol. The van der Waals surface area contributed by atoms with Crippen LogP contribution in [0.3, 0.4) is 0 Å². The van der Waals surface area contributed by atoms with Gasteiger partial charge in [-0.15, -0.1) is 0 Å². The zero-order valence-electron chi connectivity index (χ0n) is 16.4. The minimum absolute atomic E-state index is 0.0836. The maximum atomic E-state index is 12.4. The topological polar surface area (TPSA) is 139 Å². The van der Waals surface area contributed by atoms with Crippen LogP contribution in [0.5, 0.6) is 0 Å². The van der Waals surface area contributed by atoms with Crippen LogP contribution < -0.4 is 16.5 Å². The Bertz CT molecular complexity index is 1380. The van der Waals surface area contributed by atoms with E-state index in [1.807, 2.05) is 18.2 Å². The number of hydrazine groups is 1. The SMILES string of the molecule is O=C(NNc1ccc([N+](=O)[O-])cc1)c1cc2ccc(N=Nc3ccccc3)cc2oc1=O. The van der Waals surface area contributed by atoms with E-state index in [-0.39, 0.29) is 16.8 Å². The van der Waals surface area contributed by atoms with Crippen molar-refractivity contribution in [3.63, 3.8) is 0 Å². The highest BCUT2D eigenvalue weighted by molar-refractivity contribution is 5.97. The van der Waals surface area contributed by atoms with E-state index < -0.39 is 16.5 Å². The Morgan fingerprint density at radius 3 is 2.34 bits per heavy atom. The highest BCUT2D eigenvalue weighted by Gasteiger charge is 2.14. The molecule has 0 fully saturated rings. The summed E-state index contributed by atoms with van der Waals surface area (Å²) in [5, 5.41) is 19.5. The first-order valence-corrected chi connectivity index (χ1v) is 9.35. The van der Waals surface area contributed by atoms with Gasteiger partial charge in [-0.1, -0.05) is 18.2 Å². The quantitative estimate of drug-likeness (QED) is 0.194. The Kier molecular flexibility index (Phi) is 5.66. The predicted molar refractivity (Wildman–Crippen MR) is 117 cm³/mol. The number of hydrogen-bond acceptors (Lipinski definition) is 8. The molecule has 1 heterocycles. The summed E-state index contributed by atoms with van der Waals surface area (Å²) in [5.41, 5.74) is 5.69. The lowest BCUT2D eigenvalue weighted by Gasteiger charge is -2.08. The molecule has 0 spiro atoms. The Hall–Kier alpha value is -4.86. The van der Waals surface area contributed by atoms with Crippen molar-refractivity contribution in [3.05, 3.63) is 105 Å². The van der Waals surface area contributed by atoms with Gasteiger partial charge in [0.15, 0.2) is 0 Å². The van der Waals surface area contributed by atoms with E-state index in [9.17, 15) is 19.7 Å². The summed E-state index contributed by atoms with van der Waals surface area (Å²) in [5.74, 6) is -0.716. The zero-order chi connectivity index (χ0) is 22.5. The summed E-state index contributed by atoms with van der Waals surface area (Å²) < 4.78 is 5.28. The average molecular weight is 429 g/mol. The van der Waals surface area contributed by atoms with Crippen LogP contribution in [0.2, 0.25) is 0 Å². The van der Waals surface area contributed by atoms with Crippen molar-refractivity contribution in [2.45, 2.75) is 0 Å². The number of rotatable bonds is 6. The predicted octanol–water partition coefficient (Wildman–Crippen LogP) is 4.87. The number of azo groups is 1. The Morgan fingerprint density at radius 1 is 0.906 bits per heavy atom. The van der Waals surface area contributed by atoms with Crippen molar-refractivity contribution in [1.82, 2.24) is 5.43 Å². The Morgan fingerprint density at radius 2 is 1.62 bits per heavy atom. The highest BCUT2D eigenvalue weighted by Crippen LogP contribution is 2.23. The van der Waals surface area contributed by atoms with E-state index >= 15 is 0 Å². The molecule has 0 saturated carbocycles. The molecule has 0 radical (unpaired) electrons. The summed E-state index contributed by atoms with van der Waals surface area (Å²) in [6.45, 7) is 0. The van der Waals surface area contributed by atoms with Crippen molar-refractivity contribution in [1.29, 1.82) is 0 Å². The Balaban J connectivity index is 1.50. The summed E-state index contributed by atoms with van der Waals surface area (Å²) in [4.78, 5) is 34.9. The number of benzene rings is 3. The molecule has 3 aromatic carbocycles.